The third kappa shape index (κ3) is 4.55. The normalized spacial score (nSPS) is 18.0. The highest BCUT2D eigenvalue weighted by Gasteiger charge is 2.22. The van der Waals surface area contributed by atoms with Crippen LogP contribution in [0.5, 0.6) is 0 Å². The largest absolute Gasteiger partial charge is 0.359 e. The Morgan fingerprint density at radius 1 is 1.29 bits per heavy atom. The lowest BCUT2D eigenvalue weighted by Gasteiger charge is -2.32. The van der Waals surface area contributed by atoms with Crippen LogP contribution in [0.2, 0.25) is 5.15 Å². The van der Waals surface area contributed by atoms with E-state index in [1.54, 1.807) is 0 Å². The van der Waals surface area contributed by atoms with E-state index in [0.717, 1.165) is 24.1 Å². The second kappa shape index (κ2) is 6.49. The number of rotatable bonds is 3. The minimum atomic E-state index is -0.0892. The lowest BCUT2D eigenvalue weighted by molar-refractivity contribution is 0.222. The maximum atomic E-state index is 6.18. The summed E-state index contributed by atoms with van der Waals surface area (Å²) in [5, 5.41) is 0.528. The predicted molar refractivity (Wildman–Crippen MR) is 89.2 cm³/mol. The highest BCUT2D eigenvalue weighted by Crippen LogP contribution is 2.25. The molecule has 1 aliphatic heterocycles. The quantitative estimate of drug-likeness (QED) is 0.803. The molecule has 1 aromatic heterocycles. The Morgan fingerprint density at radius 2 is 1.90 bits per heavy atom. The first-order chi connectivity index (χ1) is 9.75. The van der Waals surface area contributed by atoms with Gasteiger partial charge in [0.05, 0.1) is 0 Å². The Kier molecular flexibility index (Phi) is 5.10. The van der Waals surface area contributed by atoms with E-state index < -0.39 is 0 Å². The molecule has 2 rings (SSSR count). The van der Waals surface area contributed by atoms with Gasteiger partial charge in [-0.15, -0.1) is 0 Å². The molecule has 0 atom stereocenters. The van der Waals surface area contributed by atoms with Gasteiger partial charge < -0.3 is 9.80 Å². The molecule has 0 spiro atoms. The molecule has 5 heteroatoms. The van der Waals surface area contributed by atoms with Gasteiger partial charge in [0.2, 0.25) is 0 Å². The molecular formula is C16H27ClN4. The number of aromatic nitrogens is 2. The number of piperidine rings is 1. The summed E-state index contributed by atoms with van der Waals surface area (Å²) in [4.78, 5) is 13.7. The number of hydrogen-bond acceptors (Lipinski definition) is 4. The molecule has 2 heterocycles. The Hall–Kier alpha value is -0.870. The summed E-state index contributed by atoms with van der Waals surface area (Å²) in [5.41, 5.74) is -0.0892. The molecule has 4 nitrogen and oxygen atoms in total. The monoisotopic (exact) mass is 310 g/mol. The second-order valence-corrected chi connectivity index (χ2v) is 7.64. The van der Waals surface area contributed by atoms with Gasteiger partial charge in [0.15, 0.2) is 0 Å². The number of likely N-dealkylation sites (tertiary alicyclic amines) is 1. The molecule has 1 saturated heterocycles. The van der Waals surface area contributed by atoms with Crippen LogP contribution in [0.1, 0.15) is 39.4 Å². The van der Waals surface area contributed by atoms with Crippen LogP contribution in [-0.4, -0.2) is 48.6 Å². The van der Waals surface area contributed by atoms with E-state index in [4.69, 9.17) is 16.6 Å². The maximum absolute atomic E-state index is 6.18. The highest BCUT2D eigenvalue weighted by atomic mass is 35.5. The van der Waals surface area contributed by atoms with Crippen molar-refractivity contribution in [2.45, 2.75) is 39.0 Å². The van der Waals surface area contributed by atoms with E-state index in [9.17, 15) is 0 Å². The summed E-state index contributed by atoms with van der Waals surface area (Å²) in [7, 11) is 4.29. The van der Waals surface area contributed by atoms with Crippen molar-refractivity contribution in [2.24, 2.45) is 5.92 Å². The summed E-state index contributed by atoms with van der Waals surface area (Å²) < 4.78 is 0. The van der Waals surface area contributed by atoms with Crippen molar-refractivity contribution in [3.63, 3.8) is 0 Å². The Bertz CT molecular complexity index is 476. The van der Waals surface area contributed by atoms with Crippen LogP contribution in [-0.2, 0) is 5.41 Å². The topological polar surface area (TPSA) is 32.3 Å². The molecule has 0 radical (unpaired) electrons. The fourth-order valence-electron chi connectivity index (χ4n) is 2.66. The molecule has 1 aliphatic rings. The van der Waals surface area contributed by atoms with Crippen LogP contribution in [0.25, 0.3) is 0 Å². The van der Waals surface area contributed by atoms with E-state index in [0.29, 0.717) is 5.15 Å². The average molecular weight is 311 g/mol. The molecule has 1 fully saturated rings. The summed E-state index contributed by atoms with van der Waals surface area (Å²) >= 11 is 6.18. The van der Waals surface area contributed by atoms with Crippen LogP contribution >= 0.6 is 11.6 Å². The smallest absolute Gasteiger partial charge is 0.137 e. The Morgan fingerprint density at radius 3 is 2.48 bits per heavy atom. The molecule has 0 amide bonds. The van der Waals surface area contributed by atoms with Crippen molar-refractivity contribution in [3.8, 4) is 0 Å². The van der Waals surface area contributed by atoms with Gasteiger partial charge >= 0.3 is 0 Å². The summed E-state index contributed by atoms with van der Waals surface area (Å²) in [5.74, 6) is 2.47. The number of halogens is 1. The first kappa shape index (κ1) is 16.5. The zero-order valence-corrected chi connectivity index (χ0v) is 14.6. The molecule has 0 unspecified atom stereocenters. The summed E-state index contributed by atoms with van der Waals surface area (Å²) in [6.45, 7) is 9.75. The molecule has 0 bridgehead atoms. The van der Waals surface area contributed by atoms with Gasteiger partial charge in [0.1, 0.15) is 16.8 Å². The van der Waals surface area contributed by atoms with E-state index in [2.05, 4.69) is 49.7 Å². The number of anilines is 1. The van der Waals surface area contributed by atoms with Gasteiger partial charge in [-0.05, 0) is 38.9 Å². The minimum absolute atomic E-state index is 0.0892. The van der Waals surface area contributed by atoms with Gasteiger partial charge in [0.25, 0.3) is 0 Å². The van der Waals surface area contributed by atoms with E-state index >= 15 is 0 Å². The van der Waals surface area contributed by atoms with E-state index in [1.807, 2.05) is 6.07 Å². The minimum Gasteiger partial charge on any atom is -0.359 e. The Labute approximate surface area is 133 Å². The van der Waals surface area contributed by atoms with Crippen molar-refractivity contribution in [3.05, 3.63) is 17.0 Å². The molecule has 1 aromatic rings. The fraction of sp³-hybridized carbons (Fsp3) is 0.750. The molecular weight excluding hydrogens is 284 g/mol. The third-order valence-corrected chi connectivity index (χ3v) is 4.31. The zero-order valence-electron chi connectivity index (χ0n) is 13.9. The lowest BCUT2D eigenvalue weighted by Crippen LogP contribution is -2.36. The molecule has 0 aromatic carbocycles. The van der Waals surface area contributed by atoms with Crippen LogP contribution in [0.3, 0.4) is 0 Å². The standard InChI is InChI=1S/C16H27ClN4/c1-16(2,3)15-18-13(17)10-14(19-15)21(5)11-12-6-8-20(4)9-7-12/h10,12H,6-9,11H2,1-5H3. The Balaban J connectivity index is 2.08. The molecule has 21 heavy (non-hydrogen) atoms. The van der Waals surface area contributed by atoms with E-state index in [1.165, 1.54) is 25.9 Å². The SMILES string of the molecule is CN1CCC(CN(C)c2cc(Cl)nc(C(C)(C)C)n2)CC1. The van der Waals surface area contributed by atoms with Gasteiger partial charge in [-0.2, -0.15) is 0 Å². The van der Waals surface area contributed by atoms with Crippen molar-refractivity contribution in [1.82, 2.24) is 14.9 Å². The number of nitrogens with zero attached hydrogens (tertiary/aromatic N) is 4. The van der Waals surface area contributed by atoms with Gasteiger partial charge in [-0.1, -0.05) is 32.4 Å². The molecule has 0 saturated carbocycles. The lowest BCUT2D eigenvalue weighted by atomic mass is 9.95. The highest BCUT2D eigenvalue weighted by molar-refractivity contribution is 6.29. The molecule has 118 valence electrons. The van der Waals surface area contributed by atoms with Crippen molar-refractivity contribution in [1.29, 1.82) is 0 Å². The first-order valence-electron chi connectivity index (χ1n) is 7.70. The summed E-state index contributed by atoms with van der Waals surface area (Å²) in [6, 6.07) is 1.87. The third-order valence-electron chi connectivity index (χ3n) is 4.11. The average Bonchev–Trinajstić information content (AvgIpc) is 2.39. The second-order valence-electron chi connectivity index (χ2n) is 7.25. The van der Waals surface area contributed by atoms with Crippen molar-refractivity contribution in [2.75, 3.05) is 38.6 Å². The predicted octanol–water partition coefficient (Wildman–Crippen LogP) is 3.21. The zero-order chi connectivity index (χ0) is 15.6. The van der Waals surface area contributed by atoms with E-state index in [-0.39, 0.29) is 5.41 Å². The van der Waals surface area contributed by atoms with Crippen LogP contribution in [0, 0.1) is 5.92 Å². The number of hydrogen-bond donors (Lipinski definition) is 0. The molecule has 0 N–H and O–H groups in total. The van der Waals surface area contributed by atoms with Gasteiger partial charge in [-0.25, -0.2) is 9.97 Å². The van der Waals surface area contributed by atoms with Crippen molar-refractivity contribution < 1.29 is 0 Å². The van der Waals surface area contributed by atoms with Gasteiger partial charge in [0, 0.05) is 25.1 Å². The van der Waals surface area contributed by atoms with Crippen molar-refractivity contribution >= 4 is 17.4 Å². The fourth-order valence-corrected chi connectivity index (χ4v) is 2.84. The van der Waals surface area contributed by atoms with Crippen LogP contribution in [0.15, 0.2) is 6.07 Å². The first-order valence-corrected chi connectivity index (χ1v) is 8.08. The van der Waals surface area contributed by atoms with Crippen LogP contribution in [0.4, 0.5) is 5.82 Å². The van der Waals surface area contributed by atoms with Gasteiger partial charge in [-0.3, -0.25) is 0 Å². The maximum Gasteiger partial charge on any atom is 0.137 e. The molecule has 0 aliphatic carbocycles. The van der Waals surface area contributed by atoms with Crippen LogP contribution < -0.4 is 4.90 Å². The summed E-state index contributed by atoms with van der Waals surface area (Å²) in [6.07, 6.45) is 2.51.